The first-order valence-electron chi connectivity index (χ1n) is 12.0. The molecule has 8 atom stereocenters. The number of nitrogens with one attached hydrogen (secondary N) is 2. The molecule has 0 aromatic heterocycles. The van der Waals surface area contributed by atoms with Gasteiger partial charge >= 0.3 is 12.0 Å². The highest BCUT2D eigenvalue weighted by Gasteiger charge is 2.68. The maximum absolute atomic E-state index is 13.3. The molecule has 3 saturated carbocycles. The third kappa shape index (κ3) is 3.76. The number of aliphatic hydroxyl groups excluding tert-OH is 1. The lowest BCUT2D eigenvalue weighted by Crippen LogP contribution is -2.63. The quantitative estimate of drug-likeness (QED) is 0.442. The molecule has 0 saturated heterocycles. The number of Topliss-reactive ketones (excluding diaryl/α,β-unsaturated/α-hetero) is 1. The Morgan fingerprint density at radius 3 is 2.56 bits per heavy atom. The van der Waals surface area contributed by atoms with E-state index < -0.39 is 35.0 Å². The van der Waals surface area contributed by atoms with Gasteiger partial charge in [-0.15, -0.1) is 6.58 Å². The predicted molar refractivity (Wildman–Crippen MR) is 122 cm³/mol. The summed E-state index contributed by atoms with van der Waals surface area (Å²) in [4.78, 5) is 37.9. The van der Waals surface area contributed by atoms with E-state index in [0.717, 1.165) is 19.3 Å². The summed E-state index contributed by atoms with van der Waals surface area (Å²) < 4.78 is 6.06. The Balaban J connectivity index is 2.01. The van der Waals surface area contributed by atoms with Crippen molar-refractivity contribution < 1.29 is 24.2 Å². The predicted octanol–water partition coefficient (Wildman–Crippen LogP) is 3.21. The van der Waals surface area contributed by atoms with Gasteiger partial charge in [0.05, 0.1) is 6.10 Å². The molecule has 3 aliphatic carbocycles. The largest absolute Gasteiger partial charge is 0.460 e. The second kappa shape index (κ2) is 8.81. The summed E-state index contributed by atoms with van der Waals surface area (Å²) in [6, 6.07) is -0.426. The molecule has 7 heteroatoms. The Morgan fingerprint density at radius 1 is 1.25 bits per heavy atom. The average molecular weight is 449 g/mol. The van der Waals surface area contributed by atoms with Crippen LogP contribution in [-0.4, -0.2) is 48.2 Å². The lowest BCUT2D eigenvalue weighted by molar-refractivity contribution is -0.206. The third-order valence-electron chi connectivity index (χ3n) is 9.31. The Labute approximate surface area is 191 Å². The summed E-state index contributed by atoms with van der Waals surface area (Å²) in [5, 5.41) is 16.6. The van der Waals surface area contributed by atoms with Gasteiger partial charge < -0.3 is 20.5 Å². The van der Waals surface area contributed by atoms with Gasteiger partial charge in [-0.25, -0.2) is 4.79 Å². The Hall–Kier alpha value is -1.89. The first-order chi connectivity index (χ1) is 15.0. The molecule has 32 heavy (non-hydrogen) atoms. The summed E-state index contributed by atoms with van der Waals surface area (Å²) in [5.74, 6) is -0.460. The monoisotopic (exact) mass is 448 g/mol. The molecular formula is C25H40N2O5. The van der Waals surface area contributed by atoms with Crippen LogP contribution in [0.25, 0.3) is 0 Å². The van der Waals surface area contributed by atoms with Crippen LogP contribution < -0.4 is 10.6 Å². The molecule has 3 rings (SSSR count). The van der Waals surface area contributed by atoms with Crippen molar-refractivity contribution in [3.8, 4) is 0 Å². The number of carbonyl (C=O) groups is 3. The summed E-state index contributed by atoms with van der Waals surface area (Å²) >= 11 is 0. The molecule has 0 unspecified atom stereocenters. The molecule has 3 aliphatic rings. The molecule has 0 radical (unpaired) electrons. The number of amides is 2. The highest BCUT2D eigenvalue weighted by molar-refractivity contribution is 5.86. The minimum atomic E-state index is -0.694. The molecule has 2 bridgehead atoms. The maximum atomic E-state index is 13.3. The minimum Gasteiger partial charge on any atom is -0.460 e. The van der Waals surface area contributed by atoms with Crippen molar-refractivity contribution in [3.05, 3.63) is 12.7 Å². The van der Waals surface area contributed by atoms with Gasteiger partial charge in [0.15, 0.2) is 0 Å². The van der Waals surface area contributed by atoms with E-state index in [0.29, 0.717) is 19.4 Å². The van der Waals surface area contributed by atoms with Gasteiger partial charge in [-0.05, 0) is 49.9 Å². The van der Waals surface area contributed by atoms with Crippen LogP contribution in [0.15, 0.2) is 12.7 Å². The molecular weight excluding hydrogens is 408 g/mol. The number of aliphatic hydroxyl groups is 1. The number of hydrogen-bond donors (Lipinski definition) is 3. The number of hydrogen-bond acceptors (Lipinski definition) is 5. The van der Waals surface area contributed by atoms with E-state index in [2.05, 4.69) is 38.0 Å². The topological polar surface area (TPSA) is 105 Å². The molecule has 7 nitrogen and oxygen atoms in total. The molecule has 0 heterocycles. The standard InChI is InChI=1S/C25H40N2O5/c1-7-23(5)13-18(32-19(29)14-27-22(31)26-8-2)24(6)15(3)9-11-25(16(4)21(23)30)12-10-17(28)20(24)25/h7,15-16,18,20-21,30H,1,8-14H2,2-6H3,(H2,26,27,31)/t15-,16+,18-,20+,21+,23-,24+,25+/m1/s1. The lowest BCUT2D eigenvalue weighted by Gasteiger charge is -2.61. The van der Waals surface area contributed by atoms with Crippen LogP contribution in [0.3, 0.4) is 0 Å². The summed E-state index contributed by atoms with van der Waals surface area (Å²) in [6.45, 7) is 14.3. The van der Waals surface area contributed by atoms with Crippen molar-refractivity contribution in [2.75, 3.05) is 13.1 Å². The number of ketones is 1. The number of rotatable bonds is 5. The zero-order valence-electron chi connectivity index (χ0n) is 20.2. The van der Waals surface area contributed by atoms with E-state index in [1.54, 1.807) is 13.0 Å². The summed E-state index contributed by atoms with van der Waals surface area (Å²) in [7, 11) is 0. The fraction of sp³-hybridized carbons (Fsp3) is 0.800. The zero-order valence-corrected chi connectivity index (χ0v) is 20.2. The van der Waals surface area contributed by atoms with Crippen molar-refractivity contribution in [1.29, 1.82) is 0 Å². The molecule has 3 fully saturated rings. The molecule has 2 amide bonds. The van der Waals surface area contributed by atoms with Crippen molar-refractivity contribution >= 4 is 17.8 Å². The van der Waals surface area contributed by atoms with Crippen molar-refractivity contribution in [2.45, 2.75) is 78.9 Å². The summed E-state index contributed by atoms with van der Waals surface area (Å²) in [5.41, 5.74) is -1.52. The fourth-order valence-electron chi connectivity index (χ4n) is 7.08. The van der Waals surface area contributed by atoms with Crippen LogP contribution in [0.1, 0.15) is 66.7 Å². The van der Waals surface area contributed by atoms with E-state index in [1.807, 2.05) is 6.92 Å². The van der Waals surface area contributed by atoms with Crippen molar-refractivity contribution in [1.82, 2.24) is 10.6 Å². The van der Waals surface area contributed by atoms with Crippen LogP contribution in [0.5, 0.6) is 0 Å². The van der Waals surface area contributed by atoms with Gasteiger partial charge in [0.1, 0.15) is 18.4 Å². The van der Waals surface area contributed by atoms with E-state index in [4.69, 9.17) is 4.74 Å². The minimum absolute atomic E-state index is 0.0650. The number of ether oxygens (including phenoxy) is 1. The van der Waals surface area contributed by atoms with Gasteiger partial charge in [0.2, 0.25) is 0 Å². The first kappa shape index (κ1) is 24.7. The van der Waals surface area contributed by atoms with E-state index in [1.165, 1.54) is 0 Å². The lowest BCUT2D eigenvalue weighted by atomic mass is 9.44. The second-order valence-electron chi connectivity index (χ2n) is 10.8. The SMILES string of the molecule is C=C[C@]1(C)C[C@@H](OC(=O)CNC(=O)NCC)[C@]2(C)[C@H](C)CC[C@]3(CCC(=O)[C@H]32)[C@@H](C)[C@@H]1O. The average Bonchev–Trinajstić information content (AvgIpc) is 3.11. The van der Waals surface area contributed by atoms with E-state index >= 15 is 0 Å². The molecule has 0 aliphatic heterocycles. The van der Waals surface area contributed by atoms with Crippen LogP contribution in [-0.2, 0) is 14.3 Å². The van der Waals surface area contributed by atoms with Crippen LogP contribution in [0, 0.1) is 34.0 Å². The van der Waals surface area contributed by atoms with Gasteiger partial charge in [-0.2, -0.15) is 0 Å². The molecule has 0 aromatic carbocycles. The van der Waals surface area contributed by atoms with Crippen molar-refractivity contribution in [2.24, 2.45) is 34.0 Å². The smallest absolute Gasteiger partial charge is 0.325 e. The number of urea groups is 1. The number of esters is 1. The second-order valence-corrected chi connectivity index (χ2v) is 10.8. The van der Waals surface area contributed by atoms with Crippen LogP contribution in [0.4, 0.5) is 4.79 Å². The summed E-state index contributed by atoms with van der Waals surface area (Å²) in [6.07, 6.45) is 3.99. The van der Waals surface area contributed by atoms with Gasteiger partial charge in [0, 0.05) is 29.7 Å². The van der Waals surface area contributed by atoms with E-state index in [9.17, 15) is 19.5 Å². The Bertz CT molecular complexity index is 784. The number of carbonyl (C=O) groups excluding carboxylic acids is 3. The van der Waals surface area contributed by atoms with Gasteiger partial charge in [0.25, 0.3) is 0 Å². The molecule has 0 spiro atoms. The van der Waals surface area contributed by atoms with Crippen molar-refractivity contribution in [3.63, 3.8) is 0 Å². The molecule has 3 N–H and O–H groups in total. The Kier molecular flexibility index (Phi) is 6.81. The van der Waals surface area contributed by atoms with Gasteiger partial charge in [-0.1, -0.05) is 33.8 Å². The fourth-order valence-corrected chi connectivity index (χ4v) is 7.08. The molecule has 0 aromatic rings. The van der Waals surface area contributed by atoms with Gasteiger partial charge in [-0.3, -0.25) is 9.59 Å². The molecule has 180 valence electrons. The highest BCUT2D eigenvalue weighted by Crippen LogP contribution is 2.67. The normalized spacial score (nSPS) is 43.4. The first-order valence-corrected chi connectivity index (χ1v) is 12.0. The third-order valence-corrected chi connectivity index (χ3v) is 9.31. The Morgan fingerprint density at radius 2 is 1.94 bits per heavy atom. The van der Waals surface area contributed by atoms with Crippen LogP contribution >= 0.6 is 0 Å². The van der Waals surface area contributed by atoms with Crippen LogP contribution in [0.2, 0.25) is 0 Å². The highest BCUT2D eigenvalue weighted by atomic mass is 16.5. The van der Waals surface area contributed by atoms with E-state index in [-0.39, 0.29) is 35.5 Å². The zero-order chi connectivity index (χ0) is 23.9. The maximum Gasteiger partial charge on any atom is 0.325 e.